The van der Waals surface area contributed by atoms with Gasteiger partial charge in [-0.3, -0.25) is 4.79 Å². The smallest absolute Gasteiger partial charge is 0.309 e. The van der Waals surface area contributed by atoms with Crippen molar-refractivity contribution >= 4 is 5.97 Å². The van der Waals surface area contributed by atoms with E-state index in [4.69, 9.17) is 9.47 Å². The van der Waals surface area contributed by atoms with Gasteiger partial charge in [-0.2, -0.15) is 0 Å². The molecule has 1 aliphatic heterocycles. The fourth-order valence-corrected chi connectivity index (χ4v) is 2.08. The van der Waals surface area contributed by atoms with Crippen molar-refractivity contribution in [1.82, 2.24) is 0 Å². The Labute approximate surface area is 84.1 Å². The molecule has 1 saturated heterocycles. The Morgan fingerprint density at radius 2 is 2.36 bits per heavy atom. The maximum absolute atomic E-state index is 11.5. The van der Waals surface area contributed by atoms with Crippen LogP contribution in [0.5, 0.6) is 0 Å². The first-order valence-corrected chi connectivity index (χ1v) is 5.24. The first-order chi connectivity index (χ1) is 6.81. The standard InChI is InChI=1S/C11H16O3/c1-2-6-13-11(12)8-4-3-5-9-10(7-8)14-9/h2,8-10H,1,3-7H2. The Bertz CT molecular complexity index is 237. The number of hydrogen-bond acceptors (Lipinski definition) is 3. The fourth-order valence-electron chi connectivity index (χ4n) is 2.08. The van der Waals surface area contributed by atoms with E-state index in [0.29, 0.717) is 18.8 Å². The van der Waals surface area contributed by atoms with Crippen molar-refractivity contribution in [3.05, 3.63) is 12.7 Å². The average molecular weight is 196 g/mol. The third-order valence-corrected chi connectivity index (χ3v) is 2.92. The van der Waals surface area contributed by atoms with Crippen molar-refractivity contribution in [3.8, 4) is 0 Å². The van der Waals surface area contributed by atoms with E-state index in [1.807, 2.05) is 0 Å². The highest BCUT2D eigenvalue weighted by Gasteiger charge is 2.43. The van der Waals surface area contributed by atoms with Crippen LogP contribution in [0.4, 0.5) is 0 Å². The van der Waals surface area contributed by atoms with Crippen molar-refractivity contribution in [1.29, 1.82) is 0 Å². The zero-order valence-electron chi connectivity index (χ0n) is 8.28. The van der Waals surface area contributed by atoms with Gasteiger partial charge in [-0.05, 0) is 25.7 Å². The lowest BCUT2D eigenvalue weighted by atomic mass is 10.0. The van der Waals surface area contributed by atoms with Gasteiger partial charge in [-0.1, -0.05) is 12.7 Å². The SMILES string of the molecule is C=CCOC(=O)C1CCCC2OC2C1. The molecule has 1 heterocycles. The Hall–Kier alpha value is -0.830. The summed E-state index contributed by atoms with van der Waals surface area (Å²) in [7, 11) is 0. The van der Waals surface area contributed by atoms with Crippen molar-refractivity contribution < 1.29 is 14.3 Å². The third kappa shape index (κ3) is 2.15. The number of carbonyl (C=O) groups excluding carboxylic acids is 1. The quantitative estimate of drug-likeness (QED) is 0.391. The van der Waals surface area contributed by atoms with Crippen molar-refractivity contribution in [2.24, 2.45) is 5.92 Å². The van der Waals surface area contributed by atoms with E-state index in [2.05, 4.69) is 6.58 Å². The summed E-state index contributed by atoms with van der Waals surface area (Å²) in [5.74, 6) is -0.0338. The van der Waals surface area contributed by atoms with Gasteiger partial charge in [0, 0.05) is 0 Å². The third-order valence-electron chi connectivity index (χ3n) is 2.92. The molecule has 3 nitrogen and oxygen atoms in total. The molecule has 1 aliphatic carbocycles. The highest BCUT2D eigenvalue weighted by Crippen LogP contribution is 2.37. The number of esters is 1. The van der Waals surface area contributed by atoms with Crippen LogP contribution < -0.4 is 0 Å². The van der Waals surface area contributed by atoms with Gasteiger partial charge in [0.1, 0.15) is 6.61 Å². The summed E-state index contributed by atoms with van der Waals surface area (Å²) in [5, 5.41) is 0. The molecule has 1 saturated carbocycles. The van der Waals surface area contributed by atoms with Crippen LogP contribution in [0.3, 0.4) is 0 Å². The molecule has 3 atom stereocenters. The molecule has 0 amide bonds. The number of rotatable bonds is 3. The predicted octanol–water partition coefficient (Wildman–Crippen LogP) is 1.67. The van der Waals surface area contributed by atoms with Crippen molar-refractivity contribution in [3.63, 3.8) is 0 Å². The van der Waals surface area contributed by atoms with Crippen LogP contribution in [0.25, 0.3) is 0 Å². The number of carbonyl (C=O) groups is 1. The van der Waals surface area contributed by atoms with E-state index in [-0.39, 0.29) is 11.9 Å². The number of hydrogen-bond donors (Lipinski definition) is 0. The molecule has 0 N–H and O–H groups in total. The molecule has 2 fully saturated rings. The van der Waals surface area contributed by atoms with Crippen LogP contribution in [0, 0.1) is 5.92 Å². The molecule has 0 aromatic carbocycles. The molecule has 0 aromatic heterocycles. The molecule has 0 bridgehead atoms. The van der Waals surface area contributed by atoms with Crippen LogP contribution in [0.15, 0.2) is 12.7 Å². The molecule has 2 aliphatic rings. The van der Waals surface area contributed by atoms with Gasteiger partial charge in [-0.15, -0.1) is 0 Å². The number of fused-ring (bicyclic) bond motifs is 1. The normalized spacial score (nSPS) is 35.3. The lowest BCUT2D eigenvalue weighted by Gasteiger charge is -2.12. The molecule has 78 valence electrons. The van der Waals surface area contributed by atoms with Crippen LogP contribution in [-0.2, 0) is 14.3 Å². The highest BCUT2D eigenvalue weighted by atomic mass is 16.6. The second kappa shape index (κ2) is 4.13. The molecular weight excluding hydrogens is 180 g/mol. The maximum atomic E-state index is 11.5. The highest BCUT2D eigenvalue weighted by molar-refractivity contribution is 5.72. The molecular formula is C11H16O3. The zero-order valence-corrected chi connectivity index (χ0v) is 8.28. The Balaban J connectivity index is 1.82. The van der Waals surface area contributed by atoms with Gasteiger partial charge in [0.2, 0.25) is 0 Å². The van der Waals surface area contributed by atoms with Crippen LogP contribution in [0.2, 0.25) is 0 Å². The van der Waals surface area contributed by atoms with E-state index in [0.717, 1.165) is 25.7 Å². The fraction of sp³-hybridized carbons (Fsp3) is 0.727. The van der Waals surface area contributed by atoms with Gasteiger partial charge in [0.05, 0.1) is 18.1 Å². The van der Waals surface area contributed by atoms with Crippen LogP contribution in [-0.4, -0.2) is 24.8 Å². The van der Waals surface area contributed by atoms with Gasteiger partial charge < -0.3 is 9.47 Å². The molecule has 3 heteroatoms. The zero-order chi connectivity index (χ0) is 9.97. The largest absolute Gasteiger partial charge is 0.461 e. The molecule has 0 aromatic rings. The minimum absolute atomic E-state index is 0.0486. The van der Waals surface area contributed by atoms with E-state index >= 15 is 0 Å². The molecule has 0 spiro atoms. The van der Waals surface area contributed by atoms with Gasteiger partial charge in [0.15, 0.2) is 0 Å². The maximum Gasteiger partial charge on any atom is 0.309 e. The minimum Gasteiger partial charge on any atom is -0.461 e. The second-order valence-corrected chi connectivity index (χ2v) is 4.00. The van der Waals surface area contributed by atoms with Crippen molar-refractivity contribution in [2.75, 3.05) is 6.61 Å². The number of epoxide rings is 1. The lowest BCUT2D eigenvalue weighted by Crippen LogP contribution is -2.19. The summed E-state index contributed by atoms with van der Waals surface area (Å²) in [4.78, 5) is 11.5. The minimum atomic E-state index is -0.0824. The van der Waals surface area contributed by atoms with Gasteiger partial charge in [0.25, 0.3) is 0 Å². The van der Waals surface area contributed by atoms with Gasteiger partial charge >= 0.3 is 5.97 Å². The van der Waals surface area contributed by atoms with E-state index in [1.165, 1.54) is 0 Å². The summed E-state index contributed by atoms with van der Waals surface area (Å²) in [5.41, 5.74) is 0. The first kappa shape index (κ1) is 9.71. The summed E-state index contributed by atoms with van der Waals surface area (Å²) >= 11 is 0. The molecule has 14 heavy (non-hydrogen) atoms. The van der Waals surface area contributed by atoms with E-state index < -0.39 is 0 Å². The predicted molar refractivity (Wildman–Crippen MR) is 51.8 cm³/mol. The van der Waals surface area contributed by atoms with Crippen LogP contribution in [0.1, 0.15) is 25.7 Å². The summed E-state index contributed by atoms with van der Waals surface area (Å²) < 4.78 is 10.5. The molecule has 3 unspecified atom stereocenters. The Morgan fingerprint density at radius 3 is 3.14 bits per heavy atom. The summed E-state index contributed by atoms with van der Waals surface area (Å²) in [6, 6.07) is 0. The molecule has 0 radical (unpaired) electrons. The Morgan fingerprint density at radius 1 is 1.50 bits per heavy atom. The lowest BCUT2D eigenvalue weighted by molar-refractivity contribution is -0.147. The molecule has 2 rings (SSSR count). The monoisotopic (exact) mass is 196 g/mol. The van der Waals surface area contributed by atoms with Crippen LogP contribution >= 0.6 is 0 Å². The summed E-state index contributed by atoms with van der Waals surface area (Å²) in [6.07, 6.45) is 6.36. The number of ether oxygens (including phenoxy) is 2. The van der Waals surface area contributed by atoms with E-state index in [9.17, 15) is 4.79 Å². The Kier molecular flexibility index (Phi) is 2.87. The first-order valence-electron chi connectivity index (χ1n) is 5.24. The van der Waals surface area contributed by atoms with E-state index in [1.54, 1.807) is 6.08 Å². The second-order valence-electron chi connectivity index (χ2n) is 4.00. The van der Waals surface area contributed by atoms with Crippen molar-refractivity contribution in [2.45, 2.75) is 37.9 Å². The average Bonchev–Trinajstić information content (AvgIpc) is 2.90. The van der Waals surface area contributed by atoms with Gasteiger partial charge in [-0.25, -0.2) is 0 Å². The summed E-state index contributed by atoms with van der Waals surface area (Å²) in [6.45, 7) is 3.84. The topological polar surface area (TPSA) is 38.8 Å².